The van der Waals surface area contributed by atoms with Crippen molar-refractivity contribution in [2.45, 2.75) is 72.5 Å². The summed E-state index contributed by atoms with van der Waals surface area (Å²) in [6.45, 7) is 12.7. The fraction of sp³-hybridized carbons (Fsp3) is 0.600. The average molecular weight is 364 g/mol. The number of ether oxygens (including phenoxy) is 4. The van der Waals surface area contributed by atoms with Crippen molar-refractivity contribution in [1.82, 2.24) is 0 Å². The van der Waals surface area contributed by atoms with Gasteiger partial charge in [0.25, 0.3) is 0 Å². The maximum Gasteiger partial charge on any atom is 0.514 e. The van der Waals surface area contributed by atoms with Crippen molar-refractivity contribution in [1.29, 1.82) is 0 Å². The predicted octanol–water partition coefficient (Wildman–Crippen LogP) is 4.18. The molecule has 1 aliphatic rings. The molecule has 144 valence electrons. The van der Waals surface area contributed by atoms with Crippen LogP contribution in [-0.4, -0.2) is 30.4 Å². The van der Waals surface area contributed by atoms with E-state index in [0.29, 0.717) is 24.3 Å². The first kappa shape index (κ1) is 20.1. The molecule has 26 heavy (non-hydrogen) atoms. The number of rotatable bonds is 2. The van der Waals surface area contributed by atoms with E-state index in [1.54, 1.807) is 27.7 Å². The minimum atomic E-state index is -1.01. The van der Waals surface area contributed by atoms with Crippen molar-refractivity contribution in [3.63, 3.8) is 0 Å². The Hall–Kier alpha value is -2.24. The van der Waals surface area contributed by atoms with Gasteiger partial charge < -0.3 is 18.9 Å². The van der Waals surface area contributed by atoms with Crippen molar-refractivity contribution in [2.24, 2.45) is 0 Å². The molecular weight excluding hydrogens is 336 g/mol. The van der Waals surface area contributed by atoms with Crippen LogP contribution in [0, 0.1) is 20.8 Å². The van der Waals surface area contributed by atoms with Crippen molar-refractivity contribution >= 4 is 12.1 Å². The van der Waals surface area contributed by atoms with Crippen LogP contribution in [0.25, 0.3) is 0 Å². The van der Waals surface area contributed by atoms with Crippen LogP contribution in [0.15, 0.2) is 0 Å². The molecule has 6 nitrogen and oxygen atoms in total. The van der Waals surface area contributed by atoms with Gasteiger partial charge in [0, 0.05) is 12.0 Å². The molecule has 1 aliphatic heterocycles. The highest BCUT2D eigenvalue weighted by Crippen LogP contribution is 2.44. The molecule has 0 radical (unpaired) electrons. The Bertz CT molecular complexity index is 744. The molecule has 0 saturated heterocycles. The van der Waals surface area contributed by atoms with Crippen LogP contribution < -0.4 is 9.47 Å². The molecule has 0 aromatic heterocycles. The number of esters is 1. The maximum absolute atomic E-state index is 12.1. The summed E-state index contributed by atoms with van der Waals surface area (Å²) in [7, 11) is 1.35. The van der Waals surface area contributed by atoms with Crippen molar-refractivity contribution in [3.8, 4) is 11.5 Å². The lowest BCUT2D eigenvalue weighted by Gasteiger charge is -2.35. The minimum absolute atomic E-state index is 0.396. The number of hydrogen-bond acceptors (Lipinski definition) is 6. The van der Waals surface area contributed by atoms with E-state index in [9.17, 15) is 9.59 Å². The summed E-state index contributed by atoms with van der Waals surface area (Å²) in [6, 6.07) is 0. The van der Waals surface area contributed by atoms with Crippen LogP contribution in [0.5, 0.6) is 11.5 Å². The smallest absolute Gasteiger partial charge is 0.475 e. The van der Waals surface area contributed by atoms with E-state index in [-0.39, 0.29) is 0 Å². The molecule has 0 saturated carbocycles. The van der Waals surface area contributed by atoms with Gasteiger partial charge in [-0.05, 0) is 71.6 Å². The summed E-state index contributed by atoms with van der Waals surface area (Å²) in [6.07, 6.45) is 0.375. The quantitative estimate of drug-likeness (QED) is 0.579. The zero-order valence-corrected chi connectivity index (χ0v) is 16.9. The predicted molar refractivity (Wildman–Crippen MR) is 96.9 cm³/mol. The van der Waals surface area contributed by atoms with E-state index >= 15 is 0 Å². The first-order chi connectivity index (χ1) is 11.9. The molecular formula is C20H28O6. The highest BCUT2D eigenvalue weighted by Gasteiger charge is 2.42. The molecule has 2 rings (SSSR count). The van der Waals surface area contributed by atoms with Gasteiger partial charge in [-0.15, -0.1) is 0 Å². The largest absolute Gasteiger partial charge is 0.514 e. The van der Waals surface area contributed by atoms with Gasteiger partial charge in [-0.1, -0.05) is 0 Å². The molecule has 0 N–H and O–H groups in total. The second-order valence-corrected chi connectivity index (χ2v) is 7.90. The zero-order valence-electron chi connectivity index (χ0n) is 16.9. The molecule has 0 aliphatic carbocycles. The Morgan fingerprint density at radius 2 is 1.69 bits per heavy atom. The molecule has 0 fully saturated rings. The Morgan fingerprint density at radius 1 is 1.08 bits per heavy atom. The lowest BCUT2D eigenvalue weighted by molar-refractivity contribution is -0.159. The summed E-state index contributed by atoms with van der Waals surface area (Å²) in [5.41, 5.74) is 1.72. The summed E-state index contributed by atoms with van der Waals surface area (Å²) in [5, 5.41) is 0. The SMILES string of the molecule is COC(=O)C1(C)CCc2c(C)c(OC(=O)OC(C)(C)C)c(C)c(C)c2O1. The van der Waals surface area contributed by atoms with Crippen LogP contribution in [0.3, 0.4) is 0 Å². The topological polar surface area (TPSA) is 71.1 Å². The first-order valence-electron chi connectivity index (χ1n) is 8.70. The van der Waals surface area contributed by atoms with Crippen LogP contribution in [0.2, 0.25) is 0 Å². The second kappa shape index (κ2) is 6.82. The van der Waals surface area contributed by atoms with Crippen LogP contribution >= 0.6 is 0 Å². The Labute approximate surface area is 154 Å². The third-order valence-electron chi connectivity index (χ3n) is 4.68. The highest BCUT2D eigenvalue weighted by atomic mass is 16.7. The third kappa shape index (κ3) is 3.79. The molecule has 0 amide bonds. The molecule has 1 heterocycles. The van der Waals surface area contributed by atoms with E-state index in [2.05, 4.69) is 0 Å². The van der Waals surface area contributed by atoms with Crippen LogP contribution in [0.1, 0.15) is 56.4 Å². The van der Waals surface area contributed by atoms with Crippen molar-refractivity contribution in [3.05, 3.63) is 22.3 Å². The number of hydrogen-bond donors (Lipinski definition) is 0. The highest BCUT2D eigenvalue weighted by molar-refractivity contribution is 5.80. The fourth-order valence-electron chi connectivity index (χ4n) is 3.10. The van der Waals surface area contributed by atoms with E-state index < -0.39 is 23.3 Å². The summed E-state index contributed by atoms with van der Waals surface area (Å²) in [5.74, 6) is 0.753. The third-order valence-corrected chi connectivity index (χ3v) is 4.68. The van der Waals surface area contributed by atoms with E-state index in [4.69, 9.17) is 18.9 Å². The summed E-state index contributed by atoms with van der Waals surface area (Å²) >= 11 is 0. The molecule has 0 spiro atoms. The molecule has 1 atom stereocenters. The number of fused-ring (bicyclic) bond motifs is 1. The Morgan fingerprint density at radius 3 is 2.23 bits per heavy atom. The number of carbonyl (C=O) groups excluding carboxylic acids is 2. The van der Waals surface area contributed by atoms with Crippen molar-refractivity contribution in [2.75, 3.05) is 7.11 Å². The molecule has 0 bridgehead atoms. The lowest BCUT2D eigenvalue weighted by atomic mass is 9.87. The van der Waals surface area contributed by atoms with Gasteiger partial charge in [-0.2, -0.15) is 0 Å². The maximum atomic E-state index is 12.1. The van der Waals surface area contributed by atoms with Crippen LogP contribution in [-0.2, 0) is 20.7 Å². The fourth-order valence-corrected chi connectivity index (χ4v) is 3.10. The van der Waals surface area contributed by atoms with Gasteiger partial charge in [-0.3, -0.25) is 0 Å². The second-order valence-electron chi connectivity index (χ2n) is 7.90. The summed E-state index contributed by atoms with van der Waals surface area (Å²) in [4.78, 5) is 24.2. The molecule has 1 unspecified atom stereocenters. The zero-order chi connectivity index (χ0) is 19.9. The normalized spacial score (nSPS) is 19.2. The minimum Gasteiger partial charge on any atom is -0.475 e. The summed E-state index contributed by atoms with van der Waals surface area (Å²) < 4.78 is 21.7. The van der Waals surface area contributed by atoms with Gasteiger partial charge in [0.05, 0.1) is 7.11 Å². The monoisotopic (exact) mass is 364 g/mol. The molecule has 6 heteroatoms. The first-order valence-corrected chi connectivity index (χ1v) is 8.70. The molecule has 1 aromatic carbocycles. The van der Waals surface area contributed by atoms with Gasteiger partial charge in [-0.25, -0.2) is 9.59 Å². The van der Waals surface area contributed by atoms with Gasteiger partial charge >= 0.3 is 12.1 Å². The van der Waals surface area contributed by atoms with E-state index in [1.807, 2.05) is 20.8 Å². The van der Waals surface area contributed by atoms with Crippen molar-refractivity contribution < 1.29 is 28.5 Å². The number of carbonyl (C=O) groups is 2. The standard InChI is InChI=1S/C20H28O6/c1-11-12(2)16-14(9-10-20(7,25-16)17(21)23-8)13(3)15(11)24-18(22)26-19(4,5)6/h9-10H2,1-8H3. The van der Waals surface area contributed by atoms with E-state index in [0.717, 1.165) is 22.3 Å². The Balaban J connectivity index is 2.42. The lowest BCUT2D eigenvalue weighted by Crippen LogP contribution is -2.45. The van der Waals surface area contributed by atoms with Gasteiger partial charge in [0.1, 0.15) is 17.1 Å². The molecule has 1 aromatic rings. The van der Waals surface area contributed by atoms with E-state index in [1.165, 1.54) is 7.11 Å². The van der Waals surface area contributed by atoms with Crippen LogP contribution in [0.4, 0.5) is 4.79 Å². The Kier molecular flexibility index (Phi) is 5.26. The van der Waals surface area contributed by atoms with Gasteiger partial charge in [0.2, 0.25) is 5.60 Å². The van der Waals surface area contributed by atoms with Gasteiger partial charge in [0.15, 0.2) is 0 Å². The number of methoxy groups -OCH3 is 1. The number of benzene rings is 1. The average Bonchev–Trinajstić information content (AvgIpc) is 2.54.